The smallest absolute Gasteiger partial charge is 0.0457 e. The number of piperidine rings is 1. The monoisotopic (exact) mass is 228 g/mol. The van der Waals surface area contributed by atoms with Crippen LogP contribution in [0.5, 0.6) is 0 Å². The van der Waals surface area contributed by atoms with Gasteiger partial charge in [0.2, 0.25) is 0 Å². The molecular formula is C15H20N2. The van der Waals surface area contributed by atoms with Crippen LogP contribution in [0.25, 0.3) is 10.9 Å². The summed E-state index contributed by atoms with van der Waals surface area (Å²) < 4.78 is 0. The molecule has 0 radical (unpaired) electrons. The minimum absolute atomic E-state index is 0.534. The Balaban J connectivity index is 1.92. The number of benzene rings is 1. The van der Waals surface area contributed by atoms with Crippen LogP contribution < -0.4 is 0 Å². The average Bonchev–Trinajstić information content (AvgIpc) is 2.83. The van der Waals surface area contributed by atoms with Crippen LogP contribution in [0, 0.1) is 0 Å². The number of H-pyrrole nitrogens is 1. The normalized spacial score (nSPS) is 19.6. The molecule has 0 spiro atoms. The highest BCUT2D eigenvalue weighted by atomic mass is 15.2. The van der Waals surface area contributed by atoms with E-state index in [1.54, 1.807) is 0 Å². The lowest BCUT2D eigenvalue weighted by atomic mass is 10.0. The second-order valence-corrected chi connectivity index (χ2v) is 5.06. The summed E-state index contributed by atoms with van der Waals surface area (Å²) in [5.74, 6) is 0. The van der Waals surface area contributed by atoms with Gasteiger partial charge in [-0.1, -0.05) is 24.6 Å². The number of nitrogens with one attached hydrogen (secondary N) is 1. The van der Waals surface area contributed by atoms with Crippen LogP contribution in [0.1, 0.15) is 37.8 Å². The van der Waals surface area contributed by atoms with Crippen LogP contribution in [0.2, 0.25) is 0 Å². The zero-order valence-electron chi connectivity index (χ0n) is 10.4. The van der Waals surface area contributed by atoms with Crippen LogP contribution >= 0.6 is 0 Å². The number of hydrogen-bond acceptors (Lipinski definition) is 1. The fourth-order valence-corrected chi connectivity index (χ4v) is 2.94. The zero-order chi connectivity index (χ0) is 11.7. The summed E-state index contributed by atoms with van der Waals surface area (Å²) in [6.45, 7) is 4.84. The molecule has 2 heterocycles. The summed E-state index contributed by atoms with van der Waals surface area (Å²) >= 11 is 0. The van der Waals surface area contributed by atoms with Crippen LogP contribution in [0.3, 0.4) is 0 Å². The summed E-state index contributed by atoms with van der Waals surface area (Å²) in [5, 5.41) is 1.38. The van der Waals surface area contributed by atoms with E-state index in [-0.39, 0.29) is 0 Å². The van der Waals surface area contributed by atoms with E-state index < -0.39 is 0 Å². The Morgan fingerprint density at radius 2 is 1.88 bits per heavy atom. The van der Waals surface area contributed by atoms with E-state index in [0.717, 1.165) is 0 Å². The van der Waals surface area contributed by atoms with Gasteiger partial charge in [0.25, 0.3) is 0 Å². The number of aromatic amines is 1. The Kier molecular flexibility index (Phi) is 2.89. The summed E-state index contributed by atoms with van der Waals surface area (Å²) in [4.78, 5) is 5.99. The van der Waals surface area contributed by atoms with Gasteiger partial charge >= 0.3 is 0 Å². The van der Waals surface area contributed by atoms with E-state index in [0.29, 0.717) is 6.04 Å². The lowest BCUT2D eigenvalue weighted by Gasteiger charge is -2.32. The Morgan fingerprint density at radius 3 is 2.71 bits per heavy atom. The van der Waals surface area contributed by atoms with Gasteiger partial charge in [0, 0.05) is 23.1 Å². The minimum Gasteiger partial charge on any atom is -0.361 e. The molecule has 1 atom stereocenters. The van der Waals surface area contributed by atoms with E-state index >= 15 is 0 Å². The van der Waals surface area contributed by atoms with Crippen LogP contribution in [0.4, 0.5) is 0 Å². The molecule has 1 N–H and O–H groups in total. The van der Waals surface area contributed by atoms with Crippen LogP contribution in [0.15, 0.2) is 30.5 Å². The molecule has 2 heteroatoms. The third kappa shape index (κ3) is 1.98. The topological polar surface area (TPSA) is 19.0 Å². The molecule has 0 saturated carbocycles. The van der Waals surface area contributed by atoms with Crippen molar-refractivity contribution in [1.82, 2.24) is 9.88 Å². The molecule has 90 valence electrons. The van der Waals surface area contributed by atoms with Crippen LogP contribution in [-0.2, 0) is 0 Å². The van der Waals surface area contributed by atoms with Crippen molar-refractivity contribution in [3.05, 3.63) is 36.0 Å². The van der Waals surface area contributed by atoms with E-state index in [1.807, 2.05) is 0 Å². The quantitative estimate of drug-likeness (QED) is 0.830. The average molecular weight is 228 g/mol. The third-order valence-corrected chi connectivity index (χ3v) is 4.01. The Labute approximate surface area is 103 Å². The molecule has 2 aromatic rings. The Bertz CT molecular complexity index is 494. The molecule has 0 aliphatic carbocycles. The van der Waals surface area contributed by atoms with Crippen molar-refractivity contribution >= 4 is 10.9 Å². The highest BCUT2D eigenvalue weighted by molar-refractivity contribution is 5.83. The SMILES string of the molecule is CC(c1c[nH]c2ccccc12)N1CCCCC1. The first-order valence-corrected chi connectivity index (χ1v) is 6.66. The van der Waals surface area contributed by atoms with Gasteiger partial charge in [0.1, 0.15) is 0 Å². The molecule has 1 unspecified atom stereocenters. The Morgan fingerprint density at radius 1 is 1.12 bits per heavy atom. The molecule has 1 aromatic carbocycles. The molecule has 1 aliphatic rings. The van der Waals surface area contributed by atoms with Gasteiger partial charge in [-0.15, -0.1) is 0 Å². The maximum atomic E-state index is 3.38. The molecule has 1 saturated heterocycles. The predicted molar refractivity (Wildman–Crippen MR) is 72.1 cm³/mol. The summed E-state index contributed by atoms with van der Waals surface area (Å²) in [5.41, 5.74) is 2.70. The fraction of sp³-hybridized carbons (Fsp3) is 0.467. The highest BCUT2D eigenvalue weighted by Gasteiger charge is 2.20. The summed E-state index contributed by atoms with van der Waals surface area (Å²) in [6, 6.07) is 9.13. The number of para-hydroxylation sites is 1. The number of aromatic nitrogens is 1. The zero-order valence-corrected chi connectivity index (χ0v) is 10.4. The Hall–Kier alpha value is -1.28. The van der Waals surface area contributed by atoms with E-state index in [9.17, 15) is 0 Å². The standard InChI is InChI=1S/C15H20N2/c1-12(17-9-5-2-6-10-17)14-11-16-15-8-4-3-7-13(14)15/h3-4,7-8,11-12,16H,2,5-6,9-10H2,1H3. The fourth-order valence-electron chi connectivity index (χ4n) is 2.94. The van der Waals surface area contributed by atoms with Gasteiger partial charge in [-0.2, -0.15) is 0 Å². The van der Waals surface area contributed by atoms with Gasteiger partial charge < -0.3 is 4.98 Å². The number of rotatable bonds is 2. The molecule has 0 amide bonds. The first-order chi connectivity index (χ1) is 8.36. The van der Waals surface area contributed by atoms with Crippen LogP contribution in [-0.4, -0.2) is 23.0 Å². The largest absolute Gasteiger partial charge is 0.361 e. The van der Waals surface area contributed by atoms with Crippen molar-refractivity contribution in [3.63, 3.8) is 0 Å². The lowest BCUT2D eigenvalue weighted by Crippen LogP contribution is -2.32. The summed E-state index contributed by atoms with van der Waals surface area (Å²) in [7, 11) is 0. The molecule has 3 rings (SSSR count). The van der Waals surface area contributed by atoms with Crippen molar-refractivity contribution < 1.29 is 0 Å². The number of nitrogens with zero attached hydrogens (tertiary/aromatic N) is 1. The predicted octanol–water partition coefficient (Wildman–Crippen LogP) is 3.71. The highest BCUT2D eigenvalue weighted by Crippen LogP contribution is 2.29. The van der Waals surface area contributed by atoms with Gasteiger partial charge in [0.05, 0.1) is 0 Å². The maximum absolute atomic E-state index is 3.38. The van der Waals surface area contributed by atoms with Gasteiger partial charge in [-0.05, 0) is 44.5 Å². The molecule has 1 fully saturated rings. The summed E-state index contributed by atoms with van der Waals surface area (Å²) in [6.07, 6.45) is 6.29. The van der Waals surface area contributed by atoms with E-state index in [1.165, 1.54) is 48.8 Å². The molecule has 0 bridgehead atoms. The maximum Gasteiger partial charge on any atom is 0.0457 e. The molecule has 1 aliphatic heterocycles. The number of fused-ring (bicyclic) bond motifs is 1. The lowest BCUT2D eigenvalue weighted by molar-refractivity contribution is 0.176. The van der Waals surface area contributed by atoms with E-state index in [4.69, 9.17) is 0 Å². The first kappa shape index (κ1) is 10.8. The minimum atomic E-state index is 0.534. The third-order valence-electron chi connectivity index (χ3n) is 4.01. The van der Waals surface area contributed by atoms with Gasteiger partial charge in [0.15, 0.2) is 0 Å². The second-order valence-electron chi connectivity index (χ2n) is 5.06. The van der Waals surface area contributed by atoms with Crippen molar-refractivity contribution in [2.24, 2.45) is 0 Å². The number of likely N-dealkylation sites (tertiary alicyclic amines) is 1. The van der Waals surface area contributed by atoms with Gasteiger partial charge in [-0.3, -0.25) is 4.90 Å². The molecule has 17 heavy (non-hydrogen) atoms. The van der Waals surface area contributed by atoms with Crippen molar-refractivity contribution in [3.8, 4) is 0 Å². The van der Waals surface area contributed by atoms with Gasteiger partial charge in [-0.25, -0.2) is 0 Å². The van der Waals surface area contributed by atoms with E-state index in [2.05, 4.69) is 47.3 Å². The van der Waals surface area contributed by atoms with Crippen molar-refractivity contribution in [2.45, 2.75) is 32.2 Å². The molecule has 1 aromatic heterocycles. The van der Waals surface area contributed by atoms with Crippen molar-refractivity contribution in [2.75, 3.05) is 13.1 Å². The molecular weight excluding hydrogens is 208 g/mol. The van der Waals surface area contributed by atoms with Crippen molar-refractivity contribution in [1.29, 1.82) is 0 Å². The first-order valence-electron chi connectivity index (χ1n) is 6.66. The number of hydrogen-bond donors (Lipinski definition) is 1. The molecule has 2 nitrogen and oxygen atoms in total. The second kappa shape index (κ2) is 4.53.